The summed E-state index contributed by atoms with van der Waals surface area (Å²) in [6, 6.07) is 8.20. The molecule has 0 bridgehead atoms. The van der Waals surface area contributed by atoms with Crippen molar-refractivity contribution in [1.82, 2.24) is 5.32 Å². The van der Waals surface area contributed by atoms with E-state index < -0.39 is 0 Å². The molecule has 3 nitrogen and oxygen atoms in total. The molecular formula is C15H23NO2. The summed E-state index contributed by atoms with van der Waals surface area (Å²) in [7, 11) is 1.68. The number of hydrogen-bond acceptors (Lipinski definition) is 3. The number of aliphatic hydroxyl groups excluding tert-OH is 1. The van der Waals surface area contributed by atoms with Gasteiger partial charge in [-0.3, -0.25) is 0 Å². The first-order chi connectivity index (χ1) is 8.78. The second-order valence-electron chi connectivity index (χ2n) is 5.29. The van der Waals surface area contributed by atoms with Crippen LogP contribution in [0, 0.1) is 5.41 Å². The molecule has 1 saturated carbocycles. The second-order valence-corrected chi connectivity index (χ2v) is 5.29. The molecule has 1 aliphatic carbocycles. The van der Waals surface area contributed by atoms with Crippen molar-refractivity contribution in [2.75, 3.05) is 26.8 Å². The van der Waals surface area contributed by atoms with Crippen molar-refractivity contribution in [3.05, 3.63) is 29.8 Å². The number of ether oxygens (including phenoxy) is 1. The summed E-state index contributed by atoms with van der Waals surface area (Å²) < 4.78 is 5.13. The number of benzene rings is 1. The van der Waals surface area contributed by atoms with Crippen LogP contribution in [0.25, 0.3) is 0 Å². The molecule has 0 aromatic heterocycles. The molecule has 1 aromatic carbocycles. The third kappa shape index (κ3) is 3.24. The smallest absolute Gasteiger partial charge is 0.118 e. The van der Waals surface area contributed by atoms with E-state index in [4.69, 9.17) is 4.74 Å². The number of methoxy groups -OCH3 is 1. The van der Waals surface area contributed by atoms with E-state index in [1.54, 1.807) is 7.11 Å². The van der Waals surface area contributed by atoms with Gasteiger partial charge in [0.05, 0.1) is 7.11 Å². The van der Waals surface area contributed by atoms with Gasteiger partial charge in [0, 0.05) is 18.6 Å². The van der Waals surface area contributed by atoms with Crippen LogP contribution in [-0.4, -0.2) is 31.9 Å². The molecule has 2 N–H and O–H groups in total. The minimum atomic E-state index is 0.180. The number of aliphatic hydroxyl groups is 1. The highest BCUT2D eigenvalue weighted by molar-refractivity contribution is 5.27. The van der Waals surface area contributed by atoms with Crippen LogP contribution in [0.3, 0.4) is 0 Å². The molecule has 18 heavy (non-hydrogen) atoms. The lowest BCUT2D eigenvalue weighted by Crippen LogP contribution is -2.43. The van der Waals surface area contributed by atoms with Gasteiger partial charge in [-0.05, 0) is 43.5 Å². The van der Waals surface area contributed by atoms with Crippen LogP contribution in [0.5, 0.6) is 5.75 Å². The Morgan fingerprint density at radius 3 is 2.50 bits per heavy atom. The Balaban J connectivity index is 1.68. The average Bonchev–Trinajstić information content (AvgIpc) is 2.38. The molecule has 1 aliphatic rings. The maximum Gasteiger partial charge on any atom is 0.118 e. The van der Waals surface area contributed by atoms with E-state index in [1.807, 2.05) is 12.1 Å². The lowest BCUT2D eigenvalue weighted by molar-refractivity contribution is 0.0451. The molecule has 0 saturated heterocycles. The molecular weight excluding hydrogens is 226 g/mol. The van der Waals surface area contributed by atoms with Gasteiger partial charge >= 0.3 is 0 Å². The SMILES string of the molecule is COc1ccc(CCNCC2(CO)CCC2)cc1. The van der Waals surface area contributed by atoms with E-state index >= 15 is 0 Å². The molecule has 2 rings (SSSR count). The molecule has 0 atom stereocenters. The zero-order valence-corrected chi connectivity index (χ0v) is 11.1. The van der Waals surface area contributed by atoms with Crippen LogP contribution in [0.15, 0.2) is 24.3 Å². The zero-order valence-electron chi connectivity index (χ0n) is 11.1. The fourth-order valence-electron chi connectivity index (χ4n) is 2.45. The van der Waals surface area contributed by atoms with Gasteiger partial charge in [0.2, 0.25) is 0 Å². The summed E-state index contributed by atoms with van der Waals surface area (Å²) in [5, 5.41) is 12.8. The molecule has 0 unspecified atom stereocenters. The Morgan fingerprint density at radius 2 is 2.00 bits per heavy atom. The summed E-state index contributed by atoms with van der Waals surface area (Å²) in [5.41, 5.74) is 1.50. The van der Waals surface area contributed by atoms with Crippen LogP contribution < -0.4 is 10.1 Å². The number of rotatable bonds is 7. The predicted octanol–water partition coefficient (Wildman–Crippen LogP) is 1.99. The van der Waals surface area contributed by atoms with Crippen LogP contribution in [0.4, 0.5) is 0 Å². The Hall–Kier alpha value is -1.06. The number of hydrogen-bond donors (Lipinski definition) is 2. The van der Waals surface area contributed by atoms with E-state index in [2.05, 4.69) is 17.4 Å². The first kappa shape index (κ1) is 13.4. The quantitative estimate of drug-likeness (QED) is 0.726. The standard InChI is InChI=1S/C15H23NO2/c1-18-14-5-3-13(4-6-14)7-10-16-11-15(12-17)8-2-9-15/h3-6,16-17H,2,7-12H2,1H3. The van der Waals surface area contributed by atoms with E-state index in [1.165, 1.54) is 24.8 Å². The first-order valence-electron chi connectivity index (χ1n) is 6.72. The molecule has 0 heterocycles. The van der Waals surface area contributed by atoms with Gasteiger partial charge in [-0.2, -0.15) is 0 Å². The zero-order chi connectivity index (χ0) is 12.8. The van der Waals surface area contributed by atoms with Crippen molar-refractivity contribution >= 4 is 0 Å². The fraction of sp³-hybridized carbons (Fsp3) is 0.600. The maximum atomic E-state index is 9.36. The highest BCUT2D eigenvalue weighted by atomic mass is 16.5. The van der Waals surface area contributed by atoms with Crippen molar-refractivity contribution in [1.29, 1.82) is 0 Å². The summed E-state index contributed by atoms with van der Waals surface area (Å²) >= 11 is 0. The third-order valence-electron chi connectivity index (χ3n) is 4.00. The van der Waals surface area contributed by atoms with Gasteiger partial charge in [0.25, 0.3) is 0 Å². The molecule has 1 fully saturated rings. The van der Waals surface area contributed by atoms with Gasteiger partial charge in [-0.25, -0.2) is 0 Å². The van der Waals surface area contributed by atoms with E-state index in [-0.39, 0.29) is 5.41 Å². The van der Waals surface area contributed by atoms with Gasteiger partial charge < -0.3 is 15.2 Å². The lowest BCUT2D eigenvalue weighted by atomic mass is 9.69. The van der Waals surface area contributed by atoms with Crippen molar-refractivity contribution < 1.29 is 9.84 Å². The van der Waals surface area contributed by atoms with Gasteiger partial charge in [-0.1, -0.05) is 18.6 Å². The van der Waals surface area contributed by atoms with E-state index in [0.717, 1.165) is 25.3 Å². The number of nitrogens with one attached hydrogen (secondary N) is 1. The third-order valence-corrected chi connectivity index (χ3v) is 4.00. The van der Waals surface area contributed by atoms with E-state index in [9.17, 15) is 5.11 Å². The highest BCUT2D eigenvalue weighted by Gasteiger charge is 2.35. The largest absolute Gasteiger partial charge is 0.497 e. The van der Waals surface area contributed by atoms with Crippen LogP contribution in [0.2, 0.25) is 0 Å². The maximum absolute atomic E-state index is 9.36. The van der Waals surface area contributed by atoms with Crippen LogP contribution in [0.1, 0.15) is 24.8 Å². The lowest BCUT2D eigenvalue weighted by Gasteiger charge is -2.40. The van der Waals surface area contributed by atoms with Gasteiger partial charge in [0.15, 0.2) is 0 Å². The monoisotopic (exact) mass is 249 g/mol. The summed E-state index contributed by atoms with van der Waals surface area (Å²) in [6.07, 6.45) is 4.62. The average molecular weight is 249 g/mol. The Morgan fingerprint density at radius 1 is 1.28 bits per heavy atom. The van der Waals surface area contributed by atoms with Gasteiger partial charge in [-0.15, -0.1) is 0 Å². The van der Waals surface area contributed by atoms with E-state index in [0.29, 0.717) is 6.61 Å². The molecule has 0 amide bonds. The Labute approximate surface area is 109 Å². The predicted molar refractivity (Wildman–Crippen MR) is 72.9 cm³/mol. The van der Waals surface area contributed by atoms with Crippen molar-refractivity contribution in [3.8, 4) is 5.75 Å². The minimum absolute atomic E-state index is 0.180. The van der Waals surface area contributed by atoms with Crippen molar-refractivity contribution in [2.24, 2.45) is 5.41 Å². The first-order valence-corrected chi connectivity index (χ1v) is 6.72. The normalized spacial score (nSPS) is 17.2. The Kier molecular flexibility index (Phi) is 4.61. The summed E-state index contributed by atoms with van der Waals surface area (Å²) in [4.78, 5) is 0. The van der Waals surface area contributed by atoms with Crippen molar-refractivity contribution in [2.45, 2.75) is 25.7 Å². The Bertz CT molecular complexity index is 352. The van der Waals surface area contributed by atoms with Gasteiger partial charge in [0.1, 0.15) is 5.75 Å². The van der Waals surface area contributed by atoms with Crippen LogP contribution in [-0.2, 0) is 6.42 Å². The highest BCUT2D eigenvalue weighted by Crippen LogP contribution is 2.39. The molecule has 0 aliphatic heterocycles. The van der Waals surface area contributed by atoms with Crippen molar-refractivity contribution in [3.63, 3.8) is 0 Å². The second kappa shape index (κ2) is 6.21. The molecule has 0 radical (unpaired) electrons. The summed E-state index contributed by atoms with van der Waals surface area (Å²) in [5.74, 6) is 0.903. The van der Waals surface area contributed by atoms with Crippen LogP contribution >= 0.6 is 0 Å². The topological polar surface area (TPSA) is 41.5 Å². The summed E-state index contributed by atoms with van der Waals surface area (Å²) in [6.45, 7) is 2.23. The molecule has 100 valence electrons. The molecule has 0 spiro atoms. The minimum Gasteiger partial charge on any atom is -0.497 e. The molecule has 1 aromatic rings. The fourth-order valence-corrected chi connectivity index (χ4v) is 2.45. The molecule has 3 heteroatoms.